The van der Waals surface area contributed by atoms with E-state index in [-0.39, 0.29) is 29.9 Å². The van der Waals surface area contributed by atoms with E-state index in [1.807, 2.05) is 12.1 Å². The molecule has 152 valence electrons. The molecule has 0 heterocycles. The van der Waals surface area contributed by atoms with Gasteiger partial charge in [0, 0.05) is 11.3 Å². The fraction of sp³-hybridized carbons (Fsp3) is 0.318. The van der Waals surface area contributed by atoms with Crippen LogP contribution in [0.2, 0.25) is 0 Å². The first-order chi connectivity index (χ1) is 13.9. The van der Waals surface area contributed by atoms with Crippen molar-refractivity contribution in [3.8, 4) is 0 Å². The minimum atomic E-state index is -0.596. The average molecular weight is 415 g/mol. The number of hydrogen-bond donors (Lipinski definition) is 1. The second kappa shape index (κ2) is 9.69. The first-order valence-corrected chi connectivity index (χ1v) is 10.5. The van der Waals surface area contributed by atoms with Crippen molar-refractivity contribution in [2.45, 2.75) is 31.4 Å². The van der Waals surface area contributed by atoms with Crippen molar-refractivity contribution < 1.29 is 23.5 Å². The van der Waals surface area contributed by atoms with Crippen molar-refractivity contribution in [1.82, 2.24) is 0 Å². The molecule has 1 amide bonds. The van der Waals surface area contributed by atoms with E-state index in [0.29, 0.717) is 11.3 Å². The van der Waals surface area contributed by atoms with Gasteiger partial charge in [0.2, 0.25) is 5.91 Å². The third kappa shape index (κ3) is 5.90. The van der Waals surface area contributed by atoms with Gasteiger partial charge < -0.3 is 10.1 Å². The van der Waals surface area contributed by atoms with E-state index in [1.165, 1.54) is 35.4 Å². The van der Waals surface area contributed by atoms with Crippen molar-refractivity contribution in [3.05, 3.63) is 65.0 Å². The van der Waals surface area contributed by atoms with Gasteiger partial charge in [-0.15, -0.1) is 11.8 Å². The van der Waals surface area contributed by atoms with Gasteiger partial charge in [0.05, 0.1) is 5.75 Å². The van der Waals surface area contributed by atoms with Crippen LogP contribution < -0.4 is 5.32 Å². The summed E-state index contributed by atoms with van der Waals surface area (Å²) in [6, 6.07) is 11.0. The number of carbonyl (C=O) groups excluding carboxylic acids is 3. The van der Waals surface area contributed by atoms with Crippen LogP contribution >= 0.6 is 11.8 Å². The molecule has 1 atom stereocenters. The van der Waals surface area contributed by atoms with Crippen molar-refractivity contribution in [2.24, 2.45) is 0 Å². The number of Topliss-reactive ketones (excluding diaryl/α,β-unsaturated/α-hetero) is 1. The van der Waals surface area contributed by atoms with Crippen LogP contribution in [0.15, 0.2) is 42.5 Å². The standard InChI is InChI=1S/C22H22FNO4S/c1-14(29-13-21(26)24-19-9-7-18(23)8-10-19)22(27)28-12-20(25)17-6-5-15-3-2-4-16(15)11-17/h5-11,14H,2-4,12-13H2,1H3,(H,24,26). The van der Waals surface area contributed by atoms with Gasteiger partial charge in [0.25, 0.3) is 0 Å². The van der Waals surface area contributed by atoms with Crippen LogP contribution in [-0.2, 0) is 27.2 Å². The molecule has 1 N–H and O–H groups in total. The minimum absolute atomic E-state index is 0.0341. The maximum Gasteiger partial charge on any atom is 0.319 e. The van der Waals surface area contributed by atoms with E-state index in [2.05, 4.69) is 5.32 Å². The summed E-state index contributed by atoms with van der Waals surface area (Å²) < 4.78 is 18.0. The maximum absolute atomic E-state index is 12.9. The van der Waals surface area contributed by atoms with Gasteiger partial charge in [-0.25, -0.2) is 4.39 Å². The highest BCUT2D eigenvalue weighted by Gasteiger charge is 2.19. The normalized spacial score (nSPS) is 13.4. The summed E-state index contributed by atoms with van der Waals surface area (Å²) in [5.41, 5.74) is 3.50. The number of hydrogen-bond acceptors (Lipinski definition) is 5. The molecule has 2 aromatic carbocycles. The summed E-state index contributed by atoms with van der Waals surface area (Å²) in [5.74, 6) is -1.44. The second-order valence-electron chi connectivity index (χ2n) is 6.88. The number of fused-ring (bicyclic) bond motifs is 1. The number of halogens is 1. The number of esters is 1. The zero-order chi connectivity index (χ0) is 20.8. The predicted octanol–water partition coefficient (Wildman–Crippen LogP) is 3.80. The highest BCUT2D eigenvalue weighted by molar-refractivity contribution is 8.01. The molecule has 0 fully saturated rings. The monoisotopic (exact) mass is 415 g/mol. The van der Waals surface area contributed by atoms with E-state index < -0.39 is 11.2 Å². The quantitative estimate of drug-likeness (QED) is 0.524. The molecule has 0 aromatic heterocycles. The van der Waals surface area contributed by atoms with Gasteiger partial charge in [-0.2, -0.15) is 0 Å². The summed E-state index contributed by atoms with van der Waals surface area (Å²) >= 11 is 1.11. The molecule has 5 nitrogen and oxygen atoms in total. The Morgan fingerprint density at radius 1 is 1.10 bits per heavy atom. The molecule has 1 aliphatic carbocycles. The molecule has 0 spiro atoms. The van der Waals surface area contributed by atoms with Gasteiger partial charge >= 0.3 is 5.97 Å². The second-order valence-corrected chi connectivity index (χ2v) is 8.21. The number of amides is 1. The molecule has 7 heteroatoms. The lowest BCUT2D eigenvalue weighted by Crippen LogP contribution is -2.23. The molecule has 0 aliphatic heterocycles. The van der Waals surface area contributed by atoms with Crippen LogP contribution in [0.3, 0.4) is 0 Å². The summed E-state index contributed by atoms with van der Waals surface area (Å²) in [4.78, 5) is 36.3. The summed E-state index contributed by atoms with van der Waals surface area (Å²) in [7, 11) is 0. The Labute approximate surface area is 173 Å². The Morgan fingerprint density at radius 3 is 2.59 bits per heavy atom. The summed E-state index contributed by atoms with van der Waals surface area (Å²) in [6.45, 7) is 1.31. The van der Waals surface area contributed by atoms with Gasteiger partial charge in [-0.05, 0) is 67.6 Å². The zero-order valence-electron chi connectivity index (χ0n) is 16.1. The fourth-order valence-electron chi connectivity index (χ4n) is 3.08. The number of ketones is 1. The maximum atomic E-state index is 12.9. The number of ether oxygens (including phenoxy) is 1. The van der Waals surface area contributed by atoms with Gasteiger partial charge in [-0.1, -0.05) is 12.1 Å². The smallest absolute Gasteiger partial charge is 0.319 e. The van der Waals surface area contributed by atoms with Gasteiger partial charge in [-0.3, -0.25) is 14.4 Å². The number of rotatable bonds is 8. The highest BCUT2D eigenvalue weighted by atomic mass is 32.2. The number of anilines is 1. The molecular weight excluding hydrogens is 393 g/mol. The molecule has 1 unspecified atom stereocenters. The zero-order valence-corrected chi connectivity index (χ0v) is 16.9. The van der Waals surface area contributed by atoms with Crippen molar-refractivity contribution in [1.29, 1.82) is 0 Å². The summed E-state index contributed by atoms with van der Waals surface area (Å²) in [6.07, 6.45) is 3.12. The largest absolute Gasteiger partial charge is 0.456 e. The number of benzene rings is 2. The first kappa shape index (κ1) is 21.0. The van der Waals surface area contributed by atoms with Crippen LogP contribution in [0.1, 0.15) is 34.8 Å². The van der Waals surface area contributed by atoms with E-state index in [1.54, 1.807) is 13.0 Å². The van der Waals surface area contributed by atoms with Crippen LogP contribution in [0.4, 0.5) is 10.1 Å². The van der Waals surface area contributed by atoms with Gasteiger partial charge in [0.15, 0.2) is 12.4 Å². The topological polar surface area (TPSA) is 72.5 Å². The highest BCUT2D eigenvalue weighted by Crippen LogP contribution is 2.23. The Hall–Kier alpha value is -2.67. The average Bonchev–Trinajstić information content (AvgIpc) is 3.19. The summed E-state index contributed by atoms with van der Waals surface area (Å²) in [5, 5.41) is 2.03. The Kier molecular flexibility index (Phi) is 7.04. The predicted molar refractivity (Wildman–Crippen MR) is 111 cm³/mol. The van der Waals surface area contributed by atoms with Crippen LogP contribution in [0.25, 0.3) is 0 Å². The molecule has 1 aliphatic rings. The van der Waals surface area contributed by atoms with E-state index >= 15 is 0 Å². The molecule has 3 rings (SSSR count). The molecule has 29 heavy (non-hydrogen) atoms. The minimum Gasteiger partial charge on any atom is -0.456 e. The van der Waals surface area contributed by atoms with E-state index in [4.69, 9.17) is 4.74 Å². The van der Waals surface area contributed by atoms with Crippen molar-refractivity contribution in [3.63, 3.8) is 0 Å². The van der Waals surface area contributed by atoms with E-state index in [0.717, 1.165) is 31.0 Å². The number of carbonyl (C=O) groups is 3. The third-order valence-electron chi connectivity index (χ3n) is 4.69. The lowest BCUT2D eigenvalue weighted by Gasteiger charge is -2.11. The third-order valence-corrected chi connectivity index (χ3v) is 5.81. The van der Waals surface area contributed by atoms with Crippen LogP contribution in [-0.4, -0.2) is 35.3 Å². The Morgan fingerprint density at radius 2 is 1.83 bits per heavy atom. The molecule has 0 saturated heterocycles. The Bertz CT molecular complexity index is 914. The SMILES string of the molecule is CC(SCC(=O)Nc1ccc(F)cc1)C(=O)OCC(=O)c1ccc2c(c1)CCC2. The van der Waals surface area contributed by atoms with Crippen LogP contribution in [0, 0.1) is 5.82 Å². The lowest BCUT2D eigenvalue weighted by molar-refractivity contribution is -0.141. The molecule has 2 aromatic rings. The fourth-order valence-corrected chi connectivity index (χ4v) is 3.76. The van der Waals surface area contributed by atoms with Crippen molar-refractivity contribution >= 4 is 35.1 Å². The molecule has 0 bridgehead atoms. The van der Waals surface area contributed by atoms with Crippen molar-refractivity contribution in [2.75, 3.05) is 17.7 Å². The van der Waals surface area contributed by atoms with Crippen LogP contribution in [0.5, 0.6) is 0 Å². The Balaban J connectivity index is 1.41. The first-order valence-electron chi connectivity index (χ1n) is 9.41. The number of nitrogens with one attached hydrogen (secondary N) is 1. The number of aryl methyl sites for hydroxylation is 2. The lowest BCUT2D eigenvalue weighted by atomic mass is 10.0. The van der Waals surface area contributed by atoms with E-state index in [9.17, 15) is 18.8 Å². The molecule has 0 radical (unpaired) electrons. The van der Waals surface area contributed by atoms with Gasteiger partial charge in [0.1, 0.15) is 11.1 Å². The molecule has 0 saturated carbocycles. The molecular formula is C22H22FNO4S. The number of thioether (sulfide) groups is 1.